The second-order valence-electron chi connectivity index (χ2n) is 3.59. The fourth-order valence-corrected chi connectivity index (χ4v) is 1.58. The summed E-state index contributed by atoms with van der Waals surface area (Å²) >= 11 is 0. The van der Waals surface area contributed by atoms with Crippen molar-refractivity contribution in [3.05, 3.63) is 24.2 Å². The Balaban J connectivity index is 2.31. The third-order valence-electron chi connectivity index (χ3n) is 2.23. The van der Waals surface area contributed by atoms with E-state index in [2.05, 4.69) is 10.2 Å². The van der Waals surface area contributed by atoms with Gasteiger partial charge < -0.3 is 5.11 Å². The number of carbonyl (C=O) groups is 1. The highest BCUT2D eigenvalue weighted by atomic mass is 16.4. The van der Waals surface area contributed by atoms with Gasteiger partial charge in [0, 0.05) is 25.0 Å². The number of carboxylic acid groups (broad SMARTS) is 1. The molecule has 0 saturated carbocycles. The molecule has 0 spiro atoms. The van der Waals surface area contributed by atoms with Crippen molar-refractivity contribution in [3.8, 4) is 11.3 Å². The third kappa shape index (κ3) is 1.95. The van der Waals surface area contributed by atoms with Gasteiger partial charge in [0.1, 0.15) is 6.54 Å². The lowest BCUT2D eigenvalue weighted by Crippen LogP contribution is -2.08. The standard InChI is InChI=1S/C10H12N4O2/c1-7-8(5-13(2)11-7)9-3-4-14(12-9)6-10(15)16/h3-5H,6H2,1-2H3,(H,15,16). The van der Waals surface area contributed by atoms with Gasteiger partial charge in [-0.15, -0.1) is 0 Å². The topological polar surface area (TPSA) is 72.9 Å². The fourth-order valence-electron chi connectivity index (χ4n) is 1.58. The molecule has 0 aliphatic heterocycles. The van der Waals surface area contributed by atoms with Crippen molar-refractivity contribution in [2.75, 3.05) is 0 Å². The average Bonchev–Trinajstić information content (AvgIpc) is 2.72. The SMILES string of the molecule is Cc1nn(C)cc1-c1ccn(CC(=O)O)n1. The molecule has 0 aliphatic carbocycles. The summed E-state index contributed by atoms with van der Waals surface area (Å²) in [6, 6.07) is 1.78. The van der Waals surface area contributed by atoms with Gasteiger partial charge in [-0.1, -0.05) is 0 Å². The number of nitrogens with zero attached hydrogens (tertiary/aromatic N) is 4. The molecule has 6 heteroatoms. The molecule has 2 heterocycles. The van der Waals surface area contributed by atoms with Gasteiger partial charge in [-0.25, -0.2) is 0 Å². The summed E-state index contributed by atoms with van der Waals surface area (Å²) in [5.74, 6) is -0.905. The maximum atomic E-state index is 10.5. The number of aliphatic carboxylic acids is 1. The van der Waals surface area contributed by atoms with E-state index in [1.165, 1.54) is 4.68 Å². The van der Waals surface area contributed by atoms with Crippen molar-refractivity contribution in [2.24, 2.45) is 7.05 Å². The first-order valence-corrected chi connectivity index (χ1v) is 4.82. The van der Waals surface area contributed by atoms with Gasteiger partial charge in [-0.2, -0.15) is 10.2 Å². The molecule has 0 aromatic carbocycles. The highest BCUT2D eigenvalue weighted by molar-refractivity contribution is 5.67. The van der Waals surface area contributed by atoms with E-state index in [-0.39, 0.29) is 6.54 Å². The summed E-state index contributed by atoms with van der Waals surface area (Å²) in [5, 5.41) is 17.0. The van der Waals surface area contributed by atoms with Crippen molar-refractivity contribution in [1.29, 1.82) is 0 Å². The van der Waals surface area contributed by atoms with Gasteiger partial charge in [0.15, 0.2) is 0 Å². The van der Waals surface area contributed by atoms with E-state index in [4.69, 9.17) is 5.11 Å². The van der Waals surface area contributed by atoms with Crippen LogP contribution in [0.15, 0.2) is 18.5 Å². The molecule has 1 N–H and O–H groups in total. The van der Waals surface area contributed by atoms with E-state index in [0.29, 0.717) is 0 Å². The van der Waals surface area contributed by atoms with E-state index < -0.39 is 5.97 Å². The summed E-state index contributed by atoms with van der Waals surface area (Å²) in [4.78, 5) is 10.5. The zero-order valence-electron chi connectivity index (χ0n) is 9.08. The summed E-state index contributed by atoms with van der Waals surface area (Å²) in [7, 11) is 1.84. The molecular formula is C10H12N4O2. The maximum Gasteiger partial charge on any atom is 0.325 e. The van der Waals surface area contributed by atoms with E-state index in [1.54, 1.807) is 16.9 Å². The average molecular weight is 220 g/mol. The summed E-state index contributed by atoms with van der Waals surface area (Å²) < 4.78 is 3.10. The second kappa shape index (κ2) is 3.80. The zero-order chi connectivity index (χ0) is 11.7. The third-order valence-corrected chi connectivity index (χ3v) is 2.23. The Morgan fingerprint density at radius 2 is 2.25 bits per heavy atom. The molecule has 16 heavy (non-hydrogen) atoms. The Bertz CT molecular complexity index is 527. The molecule has 6 nitrogen and oxygen atoms in total. The van der Waals surface area contributed by atoms with Crippen LogP contribution >= 0.6 is 0 Å². The lowest BCUT2D eigenvalue weighted by molar-refractivity contribution is -0.137. The number of hydrogen-bond donors (Lipinski definition) is 1. The van der Waals surface area contributed by atoms with Gasteiger partial charge in [-0.3, -0.25) is 14.2 Å². The minimum atomic E-state index is -0.905. The minimum absolute atomic E-state index is 0.126. The van der Waals surface area contributed by atoms with Gasteiger partial charge in [0.05, 0.1) is 11.4 Å². The van der Waals surface area contributed by atoms with Crippen LogP contribution < -0.4 is 0 Å². The van der Waals surface area contributed by atoms with Crippen LogP contribution in [0.1, 0.15) is 5.69 Å². The lowest BCUT2D eigenvalue weighted by atomic mass is 10.2. The van der Waals surface area contributed by atoms with Crippen LogP contribution in [-0.4, -0.2) is 30.6 Å². The molecule has 84 valence electrons. The molecule has 0 bridgehead atoms. The second-order valence-corrected chi connectivity index (χ2v) is 3.59. The predicted molar refractivity (Wildman–Crippen MR) is 56.8 cm³/mol. The van der Waals surface area contributed by atoms with Gasteiger partial charge >= 0.3 is 5.97 Å². The fraction of sp³-hybridized carbons (Fsp3) is 0.300. The zero-order valence-corrected chi connectivity index (χ0v) is 9.08. The first kappa shape index (κ1) is 10.4. The van der Waals surface area contributed by atoms with Crippen LogP contribution in [0.2, 0.25) is 0 Å². The van der Waals surface area contributed by atoms with E-state index in [9.17, 15) is 4.79 Å². The molecule has 0 atom stereocenters. The molecule has 2 aromatic rings. The molecule has 0 amide bonds. The van der Waals surface area contributed by atoms with Crippen LogP contribution in [0, 0.1) is 6.92 Å². The Morgan fingerprint density at radius 3 is 2.81 bits per heavy atom. The monoisotopic (exact) mass is 220 g/mol. The summed E-state index contributed by atoms with van der Waals surface area (Å²) in [6.07, 6.45) is 3.51. The van der Waals surface area contributed by atoms with Crippen LogP contribution in [0.3, 0.4) is 0 Å². The quantitative estimate of drug-likeness (QED) is 0.825. The van der Waals surface area contributed by atoms with E-state index in [0.717, 1.165) is 17.0 Å². The Kier molecular flexibility index (Phi) is 2.47. The summed E-state index contributed by atoms with van der Waals surface area (Å²) in [6.45, 7) is 1.77. The van der Waals surface area contributed by atoms with Crippen molar-refractivity contribution < 1.29 is 9.90 Å². The molecule has 0 fully saturated rings. The molecule has 2 aromatic heterocycles. The largest absolute Gasteiger partial charge is 0.480 e. The molecular weight excluding hydrogens is 208 g/mol. The van der Waals surface area contributed by atoms with Crippen LogP contribution in [0.4, 0.5) is 0 Å². The normalized spacial score (nSPS) is 10.6. The Morgan fingerprint density at radius 1 is 1.50 bits per heavy atom. The lowest BCUT2D eigenvalue weighted by Gasteiger charge is -1.95. The van der Waals surface area contributed by atoms with E-state index in [1.807, 2.05) is 20.2 Å². The number of aryl methyl sites for hydroxylation is 2. The number of rotatable bonds is 3. The van der Waals surface area contributed by atoms with Crippen LogP contribution in [0.25, 0.3) is 11.3 Å². The van der Waals surface area contributed by atoms with Crippen molar-refractivity contribution in [2.45, 2.75) is 13.5 Å². The highest BCUT2D eigenvalue weighted by Gasteiger charge is 2.09. The molecule has 0 unspecified atom stereocenters. The van der Waals surface area contributed by atoms with Crippen molar-refractivity contribution >= 4 is 5.97 Å². The highest BCUT2D eigenvalue weighted by Crippen LogP contribution is 2.19. The number of aromatic nitrogens is 4. The van der Waals surface area contributed by atoms with Gasteiger partial charge in [0.2, 0.25) is 0 Å². The van der Waals surface area contributed by atoms with Crippen molar-refractivity contribution in [1.82, 2.24) is 19.6 Å². The number of hydrogen-bond acceptors (Lipinski definition) is 3. The minimum Gasteiger partial charge on any atom is -0.480 e. The van der Waals surface area contributed by atoms with E-state index >= 15 is 0 Å². The first-order valence-electron chi connectivity index (χ1n) is 4.82. The first-order chi connectivity index (χ1) is 7.56. The van der Waals surface area contributed by atoms with Gasteiger partial charge in [0.25, 0.3) is 0 Å². The van der Waals surface area contributed by atoms with Crippen LogP contribution in [0.5, 0.6) is 0 Å². The van der Waals surface area contributed by atoms with Crippen molar-refractivity contribution in [3.63, 3.8) is 0 Å². The molecule has 0 radical (unpaired) electrons. The predicted octanol–water partition coefficient (Wildman–Crippen LogP) is 0.677. The van der Waals surface area contributed by atoms with Gasteiger partial charge in [-0.05, 0) is 13.0 Å². The Labute approximate surface area is 92.1 Å². The smallest absolute Gasteiger partial charge is 0.325 e. The molecule has 2 rings (SSSR count). The molecule has 0 saturated heterocycles. The summed E-state index contributed by atoms with van der Waals surface area (Å²) in [5.41, 5.74) is 2.54. The number of carboxylic acids is 1. The molecule has 0 aliphatic rings. The van der Waals surface area contributed by atoms with Crippen LogP contribution in [-0.2, 0) is 18.4 Å². The Hall–Kier alpha value is -2.11. The maximum absolute atomic E-state index is 10.5.